The Labute approximate surface area is 99.7 Å². The molecule has 0 aliphatic rings. The van der Waals surface area contributed by atoms with Crippen LogP contribution in [0.1, 0.15) is 11.1 Å². The summed E-state index contributed by atoms with van der Waals surface area (Å²) >= 11 is 1.72. The average molecular weight is 233 g/mol. The summed E-state index contributed by atoms with van der Waals surface area (Å²) in [5, 5.41) is 4.24. The summed E-state index contributed by atoms with van der Waals surface area (Å²) < 4.78 is 5.71. The standard InChI is InChI=1S/C13H15NOS/c1-10-8-12(14)2-3-13(10)15-6-4-11-5-7-16-9-11/h2-3,5,7-9H,4,6,14H2,1H3. The van der Waals surface area contributed by atoms with Crippen LogP contribution in [0.2, 0.25) is 0 Å². The first-order chi connectivity index (χ1) is 7.75. The number of ether oxygens (including phenoxy) is 1. The molecule has 0 bridgehead atoms. The molecule has 16 heavy (non-hydrogen) atoms. The van der Waals surface area contributed by atoms with Gasteiger partial charge in [0.05, 0.1) is 6.61 Å². The molecule has 1 heterocycles. The molecular weight excluding hydrogens is 218 g/mol. The van der Waals surface area contributed by atoms with Crippen molar-refractivity contribution in [2.24, 2.45) is 0 Å². The summed E-state index contributed by atoms with van der Waals surface area (Å²) in [6.45, 7) is 2.72. The van der Waals surface area contributed by atoms with Gasteiger partial charge in [-0.15, -0.1) is 0 Å². The minimum Gasteiger partial charge on any atom is -0.493 e. The maximum atomic E-state index is 5.71. The van der Waals surface area contributed by atoms with Gasteiger partial charge >= 0.3 is 0 Å². The highest BCUT2D eigenvalue weighted by atomic mass is 32.1. The Hall–Kier alpha value is -1.48. The largest absolute Gasteiger partial charge is 0.493 e. The Morgan fingerprint density at radius 2 is 2.19 bits per heavy atom. The minimum absolute atomic E-state index is 0.710. The predicted octanol–water partition coefficient (Wildman–Crippen LogP) is 3.26. The van der Waals surface area contributed by atoms with E-state index in [1.165, 1.54) is 5.56 Å². The zero-order valence-electron chi connectivity index (χ0n) is 9.27. The first-order valence-corrected chi connectivity index (χ1v) is 6.20. The SMILES string of the molecule is Cc1cc(N)ccc1OCCc1ccsc1. The lowest BCUT2D eigenvalue weighted by atomic mass is 10.2. The number of hydrogen-bond acceptors (Lipinski definition) is 3. The fourth-order valence-electron chi connectivity index (χ4n) is 1.55. The quantitative estimate of drug-likeness (QED) is 0.823. The van der Waals surface area contributed by atoms with Crippen molar-refractivity contribution in [3.63, 3.8) is 0 Å². The number of thiophene rings is 1. The fraction of sp³-hybridized carbons (Fsp3) is 0.231. The zero-order chi connectivity index (χ0) is 11.4. The van der Waals surface area contributed by atoms with E-state index in [4.69, 9.17) is 10.5 Å². The normalized spacial score (nSPS) is 10.3. The summed E-state index contributed by atoms with van der Waals surface area (Å²) in [7, 11) is 0. The summed E-state index contributed by atoms with van der Waals surface area (Å²) in [6.07, 6.45) is 0.952. The summed E-state index contributed by atoms with van der Waals surface area (Å²) in [4.78, 5) is 0. The molecule has 1 aromatic carbocycles. The molecule has 2 nitrogen and oxygen atoms in total. The van der Waals surface area contributed by atoms with Crippen molar-refractivity contribution in [3.8, 4) is 5.75 Å². The third-order valence-electron chi connectivity index (χ3n) is 2.43. The number of nitrogen functional groups attached to an aromatic ring is 1. The first-order valence-electron chi connectivity index (χ1n) is 5.26. The molecule has 84 valence electrons. The molecule has 2 aromatic rings. The van der Waals surface area contributed by atoms with Gasteiger partial charge < -0.3 is 10.5 Å². The van der Waals surface area contributed by atoms with Crippen molar-refractivity contribution < 1.29 is 4.74 Å². The monoisotopic (exact) mass is 233 g/mol. The van der Waals surface area contributed by atoms with E-state index in [2.05, 4.69) is 16.8 Å². The van der Waals surface area contributed by atoms with E-state index in [9.17, 15) is 0 Å². The van der Waals surface area contributed by atoms with Crippen LogP contribution in [0.3, 0.4) is 0 Å². The number of aryl methyl sites for hydroxylation is 1. The van der Waals surface area contributed by atoms with Crippen LogP contribution >= 0.6 is 11.3 Å². The van der Waals surface area contributed by atoms with Gasteiger partial charge in [0.1, 0.15) is 5.75 Å². The van der Waals surface area contributed by atoms with Crippen LogP contribution in [0.4, 0.5) is 5.69 Å². The fourth-order valence-corrected chi connectivity index (χ4v) is 2.25. The highest BCUT2D eigenvalue weighted by Gasteiger charge is 2.00. The van der Waals surface area contributed by atoms with Gasteiger partial charge in [0, 0.05) is 12.1 Å². The third-order valence-corrected chi connectivity index (χ3v) is 3.16. The Morgan fingerprint density at radius 3 is 2.88 bits per heavy atom. The maximum absolute atomic E-state index is 5.71. The first kappa shape index (κ1) is 11.0. The molecule has 0 aliphatic heterocycles. The van der Waals surface area contributed by atoms with Crippen molar-refractivity contribution in [1.29, 1.82) is 0 Å². The van der Waals surface area contributed by atoms with Crippen LogP contribution in [0.15, 0.2) is 35.0 Å². The van der Waals surface area contributed by atoms with Gasteiger partial charge in [0.25, 0.3) is 0 Å². The van der Waals surface area contributed by atoms with Crippen molar-refractivity contribution in [1.82, 2.24) is 0 Å². The molecule has 1 aromatic heterocycles. The van der Waals surface area contributed by atoms with Gasteiger partial charge in [-0.2, -0.15) is 11.3 Å². The molecule has 0 saturated heterocycles. The van der Waals surface area contributed by atoms with Gasteiger partial charge in [-0.05, 0) is 53.1 Å². The Balaban J connectivity index is 1.90. The molecule has 0 saturated carbocycles. The average Bonchev–Trinajstić information content (AvgIpc) is 2.74. The van der Waals surface area contributed by atoms with Crippen LogP contribution in [-0.4, -0.2) is 6.61 Å². The van der Waals surface area contributed by atoms with E-state index < -0.39 is 0 Å². The number of nitrogens with two attached hydrogens (primary N) is 1. The van der Waals surface area contributed by atoms with Crippen LogP contribution in [-0.2, 0) is 6.42 Å². The van der Waals surface area contributed by atoms with E-state index >= 15 is 0 Å². The highest BCUT2D eigenvalue weighted by Crippen LogP contribution is 2.20. The second-order valence-corrected chi connectivity index (χ2v) is 4.54. The number of benzene rings is 1. The van der Waals surface area contributed by atoms with Gasteiger partial charge in [-0.3, -0.25) is 0 Å². The topological polar surface area (TPSA) is 35.2 Å². The van der Waals surface area contributed by atoms with E-state index in [0.717, 1.165) is 23.4 Å². The number of rotatable bonds is 4. The van der Waals surface area contributed by atoms with Crippen LogP contribution in [0.5, 0.6) is 5.75 Å². The molecule has 0 fully saturated rings. The molecule has 0 amide bonds. The van der Waals surface area contributed by atoms with Crippen molar-refractivity contribution in [2.75, 3.05) is 12.3 Å². The van der Waals surface area contributed by atoms with Crippen LogP contribution < -0.4 is 10.5 Å². The molecule has 0 spiro atoms. The Morgan fingerprint density at radius 1 is 1.31 bits per heavy atom. The summed E-state index contributed by atoms with van der Waals surface area (Å²) in [6, 6.07) is 7.86. The van der Waals surface area contributed by atoms with Gasteiger partial charge in [-0.1, -0.05) is 0 Å². The van der Waals surface area contributed by atoms with Crippen LogP contribution in [0.25, 0.3) is 0 Å². The van der Waals surface area contributed by atoms with E-state index in [1.54, 1.807) is 11.3 Å². The second-order valence-electron chi connectivity index (χ2n) is 3.75. The lowest BCUT2D eigenvalue weighted by Gasteiger charge is -2.08. The van der Waals surface area contributed by atoms with E-state index in [-0.39, 0.29) is 0 Å². The smallest absolute Gasteiger partial charge is 0.122 e. The summed E-state index contributed by atoms with van der Waals surface area (Å²) in [5.41, 5.74) is 8.88. The molecule has 0 radical (unpaired) electrons. The summed E-state index contributed by atoms with van der Waals surface area (Å²) in [5.74, 6) is 0.921. The van der Waals surface area contributed by atoms with Gasteiger partial charge in [0.2, 0.25) is 0 Å². The van der Waals surface area contributed by atoms with Gasteiger partial charge in [-0.25, -0.2) is 0 Å². The number of anilines is 1. The van der Waals surface area contributed by atoms with E-state index in [1.807, 2.05) is 25.1 Å². The van der Waals surface area contributed by atoms with Crippen molar-refractivity contribution in [2.45, 2.75) is 13.3 Å². The zero-order valence-corrected chi connectivity index (χ0v) is 10.1. The molecule has 2 rings (SSSR count). The Bertz CT molecular complexity index is 451. The maximum Gasteiger partial charge on any atom is 0.122 e. The van der Waals surface area contributed by atoms with Crippen molar-refractivity contribution >= 4 is 17.0 Å². The minimum atomic E-state index is 0.710. The molecule has 2 N–H and O–H groups in total. The molecule has 0 aliphatic carbocycles. The molecule has 0 unspecified atom stereocenters. The van der Waals surface area contributed by atoms with E-state index in [0.29, 0.717) is 6.61 Å². The van der Waals surface area contributed by atoms with Gasteiger partial charge in [0.15, 0.2) is 0 Å². The lowest BCUT2D eigenvalue weighted by Crippen LogP contribution is -2.02. The van der Waals surface area contributed by atoms with Crippen molar-refractivity contribution in [3.05, 3.63) is 46.2 Å². The van der Waals surface area contributed by atoms with Crippen LogP contribution in [0, 0.1) is 6.92 Å². The highest BCUT2D eigenvalue weighted by molar-refractivity contribution is 7.07. The molecule has 0 atom stereocenters. The lowest BCUT2D eigenvalue weighted by molar-refractivity contribution is 0.320. The Kier molecular flexibility index (Phi) is 3.47. The third kappa shape index (κ3) is 2.76. The predicted molar refractivity (Wildman–Crippen MR) is 69.1 cm³/mol. The molecule has 3 heteroatoms. The molecular formula is C13H15NOS. The number of hydrogen-bond donors (Lipinski definition) is 1. The second kappa shape index (κ2) is 5.03.